The molecule has 0 aromatic rings. The maximum Gasteiger partial charge on any atom is 0.242 e. The van der Waals surface area contributed by atoms with Crippen LogP contribution in [-0.2, 0) is 14.3 Å². The Balaban J connectivity index is 1.81. The molecule has 1 atom stereocenters. The van der Waals surface area contributed by atoms with Gasteiger partial charge in [0.05, 0.1) is 6.10 Å². The van der Waals surface area contributed by atoms with E-state index in [0.29, 0.717) is 38.0 Å². The van der Waals surface area contributed by atoms with Gasteiger partial charge < -0.3 is 15.0 Å². The van der Waals surface area contributed by atoms with Crippen LogP contribution < -0.4 is 5.32 Å². The van der Waals surface area contributed by atoms with Gasteiger partial charge in [0.15, 0.2) is 0 Å². The summed E-state index contributed by atoms with van der Waals surface area (Å²) in [6.45, 7) is 5.91. The third-order valence-corrected chi connectivity index (χ3v) is 4.10. The van der Waals surface area contributed by atoms with Crippen molar-refractivity contribution in [1.82, 2.24) is 10.2 Å². The first-order chi connectivity index (χ1) is 9.15. The summed E-state index contributed by atoms with van der Waals surface area (Å²) in [6, 6.07) is -0.274. The normalized spacial score (nSPS) is 30.7. The summed E-state index contributed by atoms with van der Waals surface area (Å²) in [5.41, 5.74) is 0. The summed E-state index contributed by atoms with van der Waals surface area (Å²) in [7, 11) is 0. The van der Waals surface area contributed by atoms with Crippen molar-refractivity contribution < 1.29 is 14.3 Å². The van der Waals surface area contributed by atoms with E-state index in [2.05, 4.69) is 5.32 Å². The van der Waals surface area contributed by atoms with Crippen LogP contribution in [0.25, 0.3) is 0 Å². The molecule has 0 spiro atoms. The topological polar surface area (TPSA) is 58.6 Å². The molecule has 1 heterocycles. The highest BCUT2D eigenvalue weighted by atomic mass is 16.5. The highest BCUT2D eigenvalue weighted by molar-refractivity contribution is 5.88. The molecule has 2 fully saturated rings. The fourth-order valence-electron chi connectivity index (χ4n) is 3.00. The second-order valence-corrected chi connectivity index (χ2v) is 5.42. The summed E-state index contributed by atoms with van der Waals surface area (Å²) >= 11 is 0. The van der Waals surface area contributed by atoms with Gasteiger partial charge in [-0.3, -0.25) is 9.59 Å². The Kier molecular flexibility index (Phi) is 4.80. The van der Waals surface area contributed by atoms with Gasteiger partial charge in [0.25, 0.3) is 0 Å². The van der Waals surface area contributed by atoms with Crippen LogP contribution in [0.1, 0.15) is 39.5 Å². The van der Waals surface area contributed by atoms with Crippen LogP contribution in [0.4, 0.5) is 0 Å². The lowest BCUT2D eigenvalue weighted by Crippen LogP contribution is -2.57. The largest absolute Gasteiger partial charge is 0.378 e. The van der Waals surface area contributed by atoms with Gasteiger partial charge >= 0.3 is 0 Å². The molecule has 1 unspecified atom stereocenters. The van der Waals surface area contributed by atoms with Crippen LogP contribution in [0.15, 0.2) is 0 Å². The SMILES string of the molecule is CCOC1CC(CC(=O)N2CCNC(=O)C2CC)C1. The van der Waals surface area contributed by atoms with Crippen molar-refractivity contribution in [3.8, 4) is 0 Å². The van der Waals surface area contributed by atoms with Gasteiger partial charge in [0.2, 0.25) is 11.8 Å². The van der Waals surface area contributed by atoms with Gasteiger partial charge in [-0.1, -0.05) is 6.92 Å². The molecule has 5 heteroatoms. The number of carbonyl (C=O) groups is 2. The number of ether oxygens (including phenoxy) is 1. The lowest BCUT2D eigenvalue weighted by Gasteiger charge is -2.38. The summed E-state index contributed by atoms with van der Waals surface area (Å²) < 4.78 is 5.51. The molecule has 2 aliphatic rings. The lowest BCUT2D eigenvalue weighted by molar-refractivity contribution is -0.145. The quantitative estimate of drug-likeness (QED) is 0.807. The molecule has 0 bridgehead atoms. The van der Waals surface area contributed by atoms with Gasteiger partial charge in [-0.15, -0.1) is 0 Å². The van der Waals surface area contributed by atoms with Crippen molar-refractivity contribution in [2.45, 2.75) is 51.7 Å². The first-order valence-corrected chi connectivity index (χ1v) is 7.34. The van der Waals surface area contributed by atoms with Crippen LogP contribution in [0, 0.1) is 5.92 Å². The molecule has 0 radical (unpaired) electrons. The maximum atomic E-state index is 12.3. The van der Waals surface area contributed by atoms with Gasteiger partial charge in [-0.2, -0.15) is 0 Å². The van der Waals surface area contributed by atoms with E-state index < -0.39 is 0 Å². The highest BCUT2D eigenvalue weighted by Crippen LogP contribution is 2.33. The number of nitrogens with zero attached hydrogens (tertiary/aromatic N) is 1. The predicted octanol–water partition coefficient (Wildman–Crippen LogP) is 0.929. The Morgan fingerprint density at radius 2 is 2.16 bits per heavy atom. The molecule has 1 saturated carbocycles. The van der Waals surface area contributed by atoms with E-state index >= 15 is 0 Å². The molecule has 0 aromatic heterocycles. The predicted molar refractivity (Wildman–Crippen MR) is 71.6 cm³/mol. The van der Waals surface area contributed by atoms with Crippen molar-refractivity contribution in [3.63, 3.8) is 0 Å². The second kappa shape index (κ2) is 6.37. The first kappa shape index (κ1) is 14.3. The highest BCUT2D eigenvalue weighted by Gasteiger charge is 2.36. The van der Waals surface area contributed by atoms with Crippen LogP contribution in [0.5, 0.6) is 0 Å². The van der Waals surface area contributed by atoms with Crippen LogP contribution >= 0.6 is 0 Å². The molecule has 19 heavy (non-hydrogen) atoms. The average molecular weight is 268 g/mol. The van der Waals surface area contributed by atoms with E-state index in [0.717, 1.165) is 19.4 Å². The summed E-state index contributed by atoms with van der Waals surface area (Å²) in [6.07, 6.45) is 3.55. The number of piperazine rings is 1. The van der Waals surface area contributed by atoms with Gasteiger partial charge in [0, 0.05) is 26.1 Å². The molecule has 5 nitrogen and oxygen atoms in total. The summed E-state index contributed by atoms with van der Waals surface area (Å²) in [5, 5.41) is 2.82. The lowest BCUT2D eigenvalue weighted by atomic mass is 9.79. The summed E-state index contributed by atoms with van der Waals surface area (Å²) in [4.78, 5) is 25.8. The van der Waals surface area contributed by atoms with E-state index in [1.165, 1.54) is 0 Å². The van der Waals surface area contributed by atoms with Crippen LogP contribution in [0.2, 0.25) is 0 Å². The van der Waals surface area contributed by atoms with Crippen molar-refractivity contribution in [2.75, 3.05) is 19.7 Å². The fourth-order valence-corrected chi connectivity index (χ4v) is 3.00. The second-order valence-electron chi connectivity index (χ2n) is 5.42. The molecule has 1 aliphatic heterocycles. The third kappa shape index (κ3) is 3.26. The number of carbonyl (C=O) groups excluding carboxylic acids is 2. The van der Waals surface area contributed by atoms with Gasteiger partial charge in [-0.25, -0.2) is 0 Å². The molecule has 2 rings (SSSR count). The fraction of sp³-hybridized carbons (Fsp3) is 0.857. The van der Waals surface area contributed by atoms with E-state index in [1.807, 2.05) is 13.8 Å². The Hall–Kier alpha value is -1.10. The molecule has 1 saturated heterocycles. The Morgan fingerprint density at radius 1 is 1.42 bits per heavy atom. The molecule has 1 aliphatic carbocycles. The zero-order chi connectivity index (χ0) is 13.8. The monoisotopic (exact) mass is 268 g/mol. The van der Waals surface area contributed by atoms with Crippen molar-refractivity contribution >= 4 is 11.8 Å². The number of hydrogen-bond donors (Lipinski definition) is 1. The first-order valence-electron chi connectivity index (χ1n) is 7.34. The van der Waals surface area contributed by atoms with E-state index in [9.17, 15) is 9.59 Å². The molecule has 108 valence electrons. The van der Waals surface area contributed by atoms with Gasteiger partial charge in [-0.05, 0) is 32.1 Å². The van der Waals surface area contributed by atoms with Crippen molar-refractivity contribution in [3.05, 3.63) is 0 Å². The van der Waals surface area contributed by atoms with E-state index in [1.54, 1.807) is 4.90 Å². The average Bonchev–Trinajstić information content (AvgIpc) is 2.35. The Bertz CT molecular complexity index is 340. The maximum absolute atomic E-state index is 12.3. The van der Waals surface area contributed by atoms with Crippen LogP contribution in [-0.4, -0.2) is 48.6 Å². The zero-order valence-electron chi connectivity index (χ0n) is 11.9. The minimum atomic E-state index is -0.274. The van der Waals surface area contributed by atoms with E-state index in [-0.39, 0.29) is 17.9 Å². The number of hydrogen-bond acceptors (Lipinski definition) is 3. The number of nitrogens with one attached hydrogen (secondary N) is 1. The molecule has 2 amide bonds. The molecule has 0 aromatic carbocycles. The van der Waals surface area contributed by atoms with Gasteiger partial charge in [0.1, 0.15) is 6.04 Å². The molecular formula is C14H24N2O3. The number of rotatable bonds is 5. The minimum absolute atomic E-state index is 0.0112. The smallest absolute Gasteiger partial charge is 0.242 e. The Labute approximate surface area is 114 Å². The zero-order valence-corrected chi connectivity index (χ0v) is 11.9. The summed E-state index contributed by atoms with van der Waals surface area (Å²) in [5.74, 6) is 0.552. The Morgan fingerprint density at radius 3 is 2.79 bits per heavy atom. The minimum Gasteiger partial charge on any atom is -0.378 e. The van der Waals surface area contributed by atoms with E-state index in [4.69, 9.17) is 4.74 Å². The molecule has 1 N–H and O–H groups in total. The van der Waals surface area contributed by atoms with Crippen molar-refractivity contribution in [1.29, 1.82) is 0 Å². The van der Waals surface area contributed by atoms with Crippen LogP contribution in [0.3, 0.4) is 0 Å². The molecular weight excluding hydrogens is 244 g/mol. The van der Waals surface area contributed by atoms with Crippen molar-refractivity contribution in [2.24, 2.45) is 5.92 Å². The standard InChI is InChI=1S/C14H24N2O3/c1-3-12-14(18)15-5-6-16(12)13(17)9-10-7-11(8-10)19-4-2/h10-12H,3-9H2,1-2H3,(H,15,18). The third-order valence-electron chi connectivity index (χ3n) is 4.10. The number of amides is 2.